The van der Waals surface area contributed by atoms with Gasteiger partial charge in [-0.3, -0.25) is 4.79 Å². The quantitative estimate of drug-likeness (QED) is 0.819. The molecule has 0 radical (unpaired) electrons. The highest BCUT2D eigenvalue weighted by Gasteiger charge is 2.11. The highest BCUT2D eigenvalue weighted by Crippen LogP contribution is 2.14. The summed E-state index contributed by atoms with van der Waals surface area (Å²) < 4.78 is 13.4. The fourth-order valence-corrected chi connectivity index (χ4v) is 1.58. The lowest BCUT2D eigenvalue weighted by atomic mass is 10.2. The van der Waals surface area contributed by atoms with Crippen LogP contribution in [0.2, 0.25) is 5.02 Å². The number of hydrogen-bond donors (Lipinski definition) is 1. The second-order valence-electron chi connectivity index (χ2n) is 3.67. The number of rotatable bonds is 5. The highest BCUT2D eigenvalue weighted by atomic mass is 35.5. The molecule has 1 amide bonds. The van der Waals surface area contributed by atoms with Crippen molar-refractivity contribution in [3.05, 3.63) is 34.6 Å². The molecule has 0 saturated heterocycles. The van der Waals surface area contributed by atoms with Gasteiger partial charge in [-0.2, -0.15) is 0 Å². The first-order valence-electron chi connectivity index (χ1n) is 5.42. The molecular formula is C12H14Cl2FNO. The second-order valence-corrected chi connectivity index (χ2v) is 4.73. The normalized spacial score (nSPS) is 12.2. The van der Waals surface area contributed by atoms with Crippen molar-refractivity contribution in [1.29, 1.82) is 0 Å². The minimum atomic E-state index is -0.618. The van der Waals surface area contributed by atoms with Gasteiger partial charge >= 0.3 is 0 Å². The number of carbonyl (C=O) groups excluding carboxylic acids is 1. The summed E-state index contributed by atoms with van der Waals surface area (Å²) in [6, 6.07) is 3.97. The maximum atomic E-state index is 13.4. The van der Waals surface area contributed by atoms with Gasteiger partial charge in [0, 0.05) is 16.9 Å². The molecule has 5 heteroatoms. The third-order valence-corrected chi connectivity index (χ3v) is 3.12. The average Bonchev–Trinajstić information content (AvgIpc) is 2.28. The van der Waals surface area contributed by atoms with Gasteiger partial charge in [-0.15, -0.1) is 11.6 Å². The molecule has 0 saturated carbocycles. The molecule has 0 heterocycles. The first kappa shape index (κ1) is 14.3. The van der Waals surface area contributed by atoms with E-state index >= 15 is 0 Å². The molecule has 0 spiro atoms. The van der Waals surface area contributed by atoms with Crippen molar-refractivity contribution in [3.63, 3.8) is 0 Å². The van der Waals surface area contributed by atoms with Crippen molar-refractivity contribution in [3.8, 4) is 0 Å². The minimum Gasteiger partial charge on any atom is -0.352 e. The van der Waals surface area contributed by atoms with Crippen LogP contribution in [0.3, 0.4) is 0 Å². The summed E-state index contributed by atoms with van der Waals surface area (Å²) in [6.07, 6.45) is 1.51. The molecule has 1 N–H and O–H groups in total. The van der Waals surface area contributed by atoms with Crippen LogP contribution in [0.25, 0.3) is 0 Å². The van der Waals surface area contributed by atoms with Gasteiger partial charge in [0.25, 0.3) is 5.91 Å². The molecule has 0 aliphatic heterocycles. The molecule has 1 atom stereocenters. The summed E-state index contributed by atoms with van der Waals surface area (Å²) >= 11 is 11.5. The number of hydrogen-bond acceptors (Lipinski definition) is 1. The van der Waals surface area contributed by atoms with E-state index in [1.807, 2.05) is 6.92 Å². The molecular weight excluding hydrogens is 264 g/mol. The summed E-state index contributed by atoms with van der Waals surface area (Å²) in [4.78, 5) is 11.6. The highest BCUT2D eigenvalue weighted by molar-refractivity contribution is 6.30. The standard InChI is InChI=1S/C12H14Cl2FNO/c1-2-8(13)5-6-16-12(17)10-4-3-9(14)7-11(10)15/h3-4,7-8H,2,5-6H2,1H3,(H,16,17). The summed E-state index contributed by atoms with van der Waals surface area (Å²) in [5.41, 5.74) is -0.00276. The largest absolute Gasteiger partial charge is 0.352 e. The monoisotopic (exact) mass is 277 g/mol. The van der Waals surface area contributed by atoms with E-state index in [1.165, 1.54) is 12.1 Å². The Hall–Kier alpha value is -0.800. The molecule has 1 aromatic rings. The third kappa shape index (κ3) is 4.52. The number of benzene rings is 1. The number of amides is 1. The number of halogens is 3. The van der Waals surface area contributed by atoms with E-state index in [2.05, 4.69) is 5.32 Å². The summed E-state index contributed by atoms with van der Waals surface area (Å²) in [5, 5.41) is 2.92. The molecule has 2 nitrogen and oxygen atoms in total. The minimum absolute atomic E-state index is 0.00276. The van der Waals surface area contributed by atoms with Crippen molar-refractivity contribution in [2.24, 2.45) is 0 Å². The zero-order valence-corrected chi connectivity index (χ0v) is 11.0. The topological polar surface area (TPSA) is 29.1 Å². The Morgan fingerprint density at radius 2 is 2.24 bits per heavy atom. The van der Waals surface area contributed by atoms with Crippen LogP contribution in [0.1, 0.15) is 30.1 Å². The zero-order valence-electron chi connectivity index (χ0n) is 9.47. The summed E-state index contributed by atoms with van der Waals surface area (Å²) in [5.74, 6) is -1.06. The first-order chi connectivity index (χ1) is 8.04. The maximum absolute atomic E-state index is 13.4. The van der Waals surface area contributed by atoms with Gasteiger partial charge in [0.1, 0.15) is 5.82 Å². The van der Waals surface area contributed by atoms with Gasteiger partial charge in [0.05, 0.1) is 5.56 Å². The van der Waals surface area contributed by atoms with E-state index in [0.29, 0.717) is 13.0 Å². The molecule has 1 unspecified atom stereocenters. The van der Waals surface area contributed by atoms with E-state index in [1.54, 1.807) is 0 Å². The number of carbonyl (C=O) groups is 1. The first-order valence-corrected chi connectivity index (χ1v) is 6.23. The van der Waals surface area contributed by atoms with Crippen molar-refractivity contribution in [2.75, 3.05) is 6.54 Å². The fraction of sp³-hybridized carbons (Fsp3) is 0.417. The average molecular weight is 278 g/mol. The van der Waals surface area contributed by atoms with E-state index in [0.717, 1.165) is 12.5 Å². The van der Waals surface area contributed by atoms with Gasteiger partial charge in [-0.25, -0.2) is 4.39 Å². The predicted octanol–water partition coefficient (Wildman–Crippen LogP) is 3.62. The number of nitrogens with one attached hydrogen (secondary N) is 1. The predicted molar refractivity (Wildman–Crippen MR) is 68.3 cm³/mol. The van der Waals surface area contributed by atoms with Crippen LogP contribution in [0, 0.1) is 5.82 Å². The molecule has 94 valence electrons. The van der Waals surface area contributed by atoms with Gasteiger partial charge < -0.3 is 5.32 Å². The molecule has 0 bridgehead atoms. The van der Waals surface area contributed by atoms with E-state index < -0.39 is 11.7 Å². The summed E-state index contributed by atoms with van der Waals surface area (Å²) in [6.45, 7) is 2.40. The van der Waals surface area contributed by atoms with Crippen LogP contribution in [0.4, 0.5) is 4.39 Å². The Kier molecular flexibility index (Phi) is 5.72. The van der Waals surface area contributed by atoms with Gasteiger partial charge in [0.2, 0.25) is 0 Å². The van der Waals surface area contributed by atoms with Crippen LogP contribution in [-0.2, 0) is 0 Å². The van der Waals surface area contributed by atoms with Crippen LogP contribution in [0.5, 0.6) is 0 Å². The molecule has 1 rings (SSSR count). The van der Waals surface area contributed by atoms with Crippen molar-refractivity contribution < 1.29 is 9.18 Å². The van der Waals surface area contributed by atoms with Crippen LogP contribution in [0.15, 0.2) is 18.2 Å². The fourth-order valence-electron chi connectivity index (χ4n) is 1.32. The molecule has 0 aliphatic rings. The van der Waals surface area contributed by atoms with E-state index in [9.17, 15) is 9.18 Å². The Balaban J connectivity index is 2.52. The van der Waals surface area contributed by atoms with Crippen molar-refractivity contribution >= 4 is 29.1 Å². The van der Waals surface area contributed by atoms with Crippen LogP contribution < -0.4 is 5.32 Å². The van der Waals surface area contributed by atoms with E-state index in [4.69, 9.17) is 23.2 Å². The smallest absolute Gasteiger partial charge is 0.254 e. The summed E-state index contributed by atoms with van der Waals surface area (Å²) in [7, 11) is 0. The van der Waals surface area contributed by atoms with Gasteiger partial charge in [-0.05, 0) is 31.0 Å². The molecule has 17 heavy (non-hydrogen) atoms. The third-order valence-electron chi connectivity index (χ3n) is 2.36. The lowest BCUT2D eigenvalue weighted by Gasteiger charge is -2.08. The van der Waals surface area contributed by atoms with Gasteiger partial charge in [-0.1, -0.05) is 18.5 Å². The van der Waals surface area contributed by atoms with Crippen LogP contribution in [-0.4, -0.2) is 17.8 Å². The van der Waals surface area contributed by atoms with Crippen molar-refractivity contribution in [2.45, 2.75) is 25.1 Å². The molecule has 0 aromatic heterocycles. The SMILES string of the molecule is CCC(Cl)CCNC(=O)c1ccc(Cl)cc1F. The number of alkyl halides is 1. The van der Waals surface area contributed by atoms with Crippen LogP contribution >= 0.6 is 23.2 Å². The lowest BCUT2D eigenvalue weighted by Crippen LogP contribution is -2.26. The Morgan fingerprint density at radius 3 is 2.82 bits per heavy atom. The molecule has 0 fully saturated rings. The zero-order chi connectivity index (χ0) is 12.8. The Morgan fingerprint density at radius 1 is 1.53 bits per heavy atom. The molecule has 1 aromatic carbocycles. The molecule has 0 aliphatic carbocycles. The Bertz CT molecular complexity index is 398. The lowest BCUT2D eigenvalue weighted by molar-refractivity contribution is 0.0949. The maximum Gasteiger partial charge on any atom is 0.254 e. The van der Waals surface area contributed by atoms with Gasteiger partial charge in [0.15, 0.2) is 0 Å². The van der Waals surface area contributed by atoms with Crippen molar-refractivity contribution in [1.82, 2.24) is 5.32 Å². The Labute approximate surface area is 110 Å². The second kappa shape index (κ2) is 6.82. The van der Waals surface area contributed by atoms with E-state index in [-0.39, 0.29) is 16.0 Å².